The van der Waals surface area contributed by atoms with E-state index in [1.807, 2.05) is 25.1 Å². The van der Waals surface area contributed by atoms with Crippen LogP contribution in [0.2, 0.25) is 0 Å². The molecule has 3 rings (SSSR count). The summed E-state index contributed by atoms with van der Waals surface area (Å²) in [7, 11) is 0. The highest BCUT2D eigenvalue weighted by molar-refractivity contribution is 7.21. The van der Waals surface area contributed by atoms with Gasteiger partial charge in [0.1, 0.15) is 4.88 Å². The quantitative estimate of drug-likeness (QED) is 0.731. The topological polar surface area (TPSA) is 86.8 Å². The summed E-state index contributed by atoms with van der Waals surface area (Å²) in [5.41, 5.74) is 7.66. The van der Waals surface area contributed by atoms with Crippen LogP contribution in [-0.4, -0.2) is 46.3 Å². The van der Waals surface area contributed by atoms with Crippen molar-refractivity contribution in [3.63, 3.8) is 0 Å². The monoisotopic (exact) mass is 292 g/mol. The van der Waals surface area contributed by atoms with E-state index in [0.29, 0.717) is 10.6 Å². The molecule has 0 spiro atoms. The number of thiophene rings is 1. The molecule has 2 heterocycles. The first kappa shape index (κ1) is 13.4. The van der Waals surface area contributed by atoms with Crippen molar-refractivity contribution in [2.75, 3.05) is 18.8 Å². The summed E-state index contributed by atoms with van der Waals surface area (Å²) in [5, 5.41) is 20.0. The zero-order valence-corrected chi connectivity index (χ0v) is 11.9. The summed E-state index contributed by atoms with van der Waals surface area (Å²) in [6, 6.07) is 5.90. The van der Waals surface area contributed by atoms with Crippen LogP contribution >= 0.6 is 11.3 Å². The molecule has 1 aromatic heterocycles. The average molecular weight is 292 g/mol. The minimum Gasteiger partial charge on any atom is -0.397 e. The summed E-state index contributed by atoms with van der Waals surface area (Å²) in [6.07, 6.45) is -1.76. The molecule has 0 bridgehead atoms. The Morgan fingerprint density at radius 2 is 2.00 bits per heavy atom. The van der Waals surface area contributed by atoms with Crippen molar-refractivity contribution in [1.29, 1.82) is 0 Å². The van der Waals surface area contributed by atoms with Crippen LogP contribution in [0.1, 0.15) is 15.2 Å². The molecule has 1 fully saturated rings. The Morgan fingerprint density at radius 3 is 2.65 bits per heavy atom. The fourth-order valence-electron chi connectivity index (χ4n) is 2.47. The third kappa shape index (κ3) is 2.06. The van der Waals surface area contributed by atoms with Gasteiger partial charge >= 0.3 is 0 Å². The molecule has 1 aliphatic rings. The minimum atomic E-state index is -0.878. The summed E-state index contributed by atoms with van der Waals surface area (Å²) in [5.74, 6) is -0.225. The molecule has 1 saturated heterocycles. The molecule has 0 aliphatic carbocycles. The fraction of sp³-hybridized carbons (Fsp3) is 0.357. The van der Waals surface area contributed by atoms with Crippen molar-refractivity contribution in [3.05, 3.63) is 28.6 Å². The lowest BCUT2D eigenvalue weighted by Crippen LogP contribution is -2.29. The molecule has 20 heavy (non-hydrogen) atoms. The fourth-order valence-corrected chi connectivity index (χ4v) is 3.54. The Labute approximate surface area is 120 Å². The van der Waals surface area contributed by atoms with Crippen molar-refractivity contribution in [2.24, 2.45) is 0 Å². The molecule has 106 valence electrons. The van der Waals surface area contributed by atoms with E-state index in [4.69, 9.17) is 5.73 Å². The van der Waals surface area contributed by atoms with Crippen molar-refractivity contribution in [3.8, 4) is 0 Å². The Balaban J connectivity index is 1.98. The molecular weight excluding hydrogens is 276 g/mol. The van der Waals surface area contributed by atoms with Crippen molar-refractivity contribution in [2.45, 2.75) is 19.1 Å². The van der Waals surface area contributed by atoms with Gasteiger partial charge in [-0.15, -0.1) is 11.3 Å². The lowest BCUT2D eigenvalue weighted by atomic mass is 10.1. The van der Waals surface area contributed by atoms with Crippen LogP contribution in [0.4, 0.5) is 5.69 Å². The molecule has 2 aromatic rings. The van der Waals surface area contributed by atoms with Gasteiger partial charge in [0, 0.05) is 23.2 Å². The molecule has 1 aromatic carbocycles. The van der Waals surface area contributed by atoms with Crippen LogP contribution in [0.3, 0.4) is 0 Å². The lowest BCUT2D eigenvalue weighted by Gasteiger charge is -2.14. The molecule has 2 atom stereocenters. The second kappa shape index (κ2) is 4.73. The Morgan fingerprint density at radius 1 is 1.35 bits per heavy atom. The van der Waals surface area contributed by atoms with Gasteiger partial charge in [0.25, 0.3) is 5.91 Å². The smallest absolute Gasteiger partial charge is 0.266 e. The van der Waals surface area contributed by atoms with Gasteiger partial charge in [-0.25, -0.2) is 0 Å². The number of aliphatic hydroxyl groups excluding tert-OH is 2. The normalized spacial score (nSPS) is 22.6. The molecule has 2 unspecified atom stereocenters. The molecule has 5 nitrogen and oxygen atoms in total. The van der Waals surface area contributed by atoms with Gasteiger partial charge in [-0.05, 0) is 19.1 Å². The zero-order valence-electron chi connectivity index (χ0n) is 11.0. The number of benzene rings is 1. The van der Waals surface area contributed by atoms with E-state index in [0.717, 1.165) is 15.6 Å². The first-order valence-corrected chi connectivity index (χ1v) is 7.23. The SMILES string of the molecule is Cc1ccc2sc(C(=O)N3CC(O)C(O)C3)c(N)c2c1. The average Bonchev–Trinajstić information content (AvgIpc) is 2.91. The van der Waals surface area contributed by atoms with Gasteiger partial charge in [-0.2, -0.15) is 0 Å². The second-order valence-electron chi connectivity index (χ2n) is 5.19. The molecule has 1 amide bonds. The minimum absolute atomic E-state index is 0.146. The van der Waals surface area contributed by atoms with Crippen LogP contribution in [0.15, 0.2) is 18.2 Å². The van der Waals surface area contributed by atoms with E-state index in [-0.39, 0.29) is 19.0 Å². The number of hydrogen-bond acceptors (Lipinski definition) is 5. The number of carbonyl (C=O) groups is 1. The molecule has 1 aliphatic heterocycles. The number of hydrogen-bond donors (Lipinski definition) is 3. The van der Waals surface area contributed by atoms with Crippen LogP contribution in [0.5, 0.6) is 0 Å². The number of β-amino-alcohol motifs (C(OH)–C–C–N with tert-alkyl or cyclic N) is 2. The van der Waals surface area contributed by atoms with E-state index in [1.54, 1.807) is 0 Å². The maximum Gasteiger partial charge on any atom is 0.266 e. The Hall–Kier alpha value is -1.63. The maximum atomic E-state index is 12.4. The largest absolute Gasteiger partial charge is 0.397 e. The number of aryl methyl sites for hydroxylation is 1. The predicted molar refractivity (Wildman–Crippen MR) is 78.9 cm³/mol. The standard InChI is InChI=1S/C14H16N2O3S/c1-7-2-3-11-8(4-7)12(15)13(20-11)14(19)16-5-9(17)10(18)6-16/h2-4,9-10,17-18H,5-6,15H2,1H3. The highest BCUT2D eigenvalue weighted by atomic mass is 32.1. The summed E-state index contributed by atoms with van der Waals surface area (Å²) < 4.78 is 0.969. The zero-order chi connectivity index (χ0) is 14.4. The van der Waals surface area contributed by atoms with Crippen molar-refractivity contribution >= 4 is 33.0 Å². The molecule has 6 heteroatoms. The summed E-state index contributed by atoms with van der Waals surface area (Å²) in [6.45, 7) is 2.27. The molecule has 0 saturated carbocycles. The predicted octanol–water partition coefficient (Wildman–Crippen LogP) is 0.970. The molecule has 0 radical (unpaired) electrons. The number of aliphatic hydroxyl groups is 2. The first-order chi connectivity index (χ1) is 9.47. The number of fused-ring (bicyclic) bond motifs is 1. The van der Waals surface area contributed by atoms with Crippen molar-refractivity contribution < 1.29 is 15.0 Å². The van der Waals surface area contributed by atoms with Gasteiger partial charge in [-0.1, -0.05) is 11.6 Å². The van der Waals surface area contributed by atoms with Crippen LogP contribution in [-0.2, 0) is 0 Å². The molecule has 4 N–H and O–H groups in total. The van der Waals surface area contributed by atoms with Gasteiger partial charge < -0.3 is 20.8 Å². The first-order valence-electron chi connectivity index (χ1n) is 6.41. The Bertz CT molecular complexity index is 672. The number of amides is 1. The van der Waals surface area contributed by atoms with E-state index < -0.39 is 12.2 Å². The Kier molecular flexibility index (Phi) is 3.16. The van der Waals surface area contributed by atoms with E-state index in [9.17, 15) is 15.0 Å². The highest BCUT2D eigenvalue weighted by Crippen LogP contribution is 2.35. The molecular formula is C14H16N2O3S. The number of nitrogens with zero attached hydrogens (tertiary/aromatic N) is 1. The lowest BCUT2D eigenvalue weighted by molar-refractivity contribution is 0.0572. The van der Waals surface area contributed by atoms with Gasteiger partial charge in [0.2, 0.25) is 0 Å². The van der Waals surface area contributed by atoms with E-state index in [2.05, 4.69) is 0 Å². The van der Waals surface area contributed by atoms with Crippen molar-refractivity contribution in [1.82, 2.24) is 4.90 Å². The number of carbonyl (C=O) groups excluding carboxylic acids is 1. The number of nitrogens with two attached hydrogens (primary N) is 1. The van der Waals surface area contributed by atoms with E-state index in [1.165, 1.54) is 16.2 Å². The highest BCUT2D eigenvalue weighted by Gasteiger charge is 2.34. The van der Waals surface area contributed by atoms with Crippen LogP contribution in [0.25, 0.3) is 10.1 Å². The van der Waals surface area contributed by atoms with Crippen LogP contribution in [0, 0.1) is 6.92 Å². The van der Waals surface area contributed by atoms with Gasteiger partial charge in [0.15, 0.2) is 0 Å². The van der Waals surface area contributed by atoms with E-state index >= 15 is 0 Å². The van der Waals surface area contributed by atoms with Gasteiger partial charge in [0.05, 0.1) is 17.9 Å². The number of nitrogen functional groups attached to an aromatic ring is 1. The third-order valence-corrected chi connectivity index (χ3v) is 4.80. The summed E-state index contributed by atoms with van der Waals surface area (Å²) >= 11 is 1.35. The van der Waals surface area contributed by atoms with Gasteiger partial charge in [-0.3, -0.25) is 4.79 Å². The van der Waals surface area contributed by atoms with Crippen LogP contribution < -0.4 is 5.73 Å². The number of likely N-dealkylation sites (tertiary alicyclic amines) is 1. The second-order valence-corrected chi connectivity index (χ2v) is 6.24. The third-order valence-electron chi connectivity index (χ3n) is 3.62. The number of rotatable bonds is 1. The maximum absolute atomic E-state index is 12.4. The number of anilines is 1. The summed E-state index contributed by atoms with van der Waals surface area (Å²) in [4.78, 5) is 14.4.